The topological polar surface area (TPSA) is 72.8 Å². The van der Waals surface area contributed by atoms with Crippen molar-refractivity contribution in [1.29, 1.82) is 0 Å². The van der Waals surface area contributed by atoms with Crippen LogP contribution in [0.15, 0.2) is 0 Å². The predicted octanol–water partition coefficient (Wildman–Crippen LogP) is 4.75. The first kappa shape index (κ1) is 23.1. The second-order valence-corrected chi connectivity index (χ2v) is 11.7. The van der Waals surface area contributed by atoms with Crippen LogP contribution in [0.25, 0.3) is 0 Å². The summed E-state index contributed by atoms with van der Waals surface area (Å²) in [6.45, 7) is 7.93. The molecule has 5 heteroatoms. The van der Waals surface area contributed by atoms with Gasteiger partial charge in [0.05, 0.1) is 13.2 Å². The van der Waals surface area contributed by atoms with Gasteiger partial charge in [-0.2, -0.15) is 0 Å². The molecule has 0 aromatic carbocycles. The molecule has 0 amide bonds. The molecule has 4 aliphatic carbocycles. The highest BCUT2D eigenvalue weighted by Gasteiger charge is 2.63. The van der Waals surface area contributed by atoms with Crippen molar-refractivity contribution >= 4 is 12.4 Å². The zero-order valence-electron chi connectivity index (χ0n) is 19.8. The molecule has 1 N–H and O–H groups in total. The van der Waals surface area contributed by atoms with E-state index in [1.165, 1.54) is 32.8 Å². The zero-order chi connectivity index (χ0) is 22.4. The van der Waals surface area contributed by atoms with Gasteiger partial charge < -0.3 is 14.6 Å². The van der Waals surface area contributed by atoms with Gasteiger partial charge in [-0.3, -0.25) is 9.59 Å². The third kappa shape index (κ3) is 3.83. The average molecular weight is 435 g/mol. The van der Waals surface area contributed by atoms with E-state index in [-0.39, 0.29) is 29.0 Å². The van der Waals surface area contributed by atoms with Crippen LogP contribution in [0.3, 0.4) is 0 Å². The van der Waals surface area contributed by atoms with Crippen molar-refractivity contribution in [2.75, 3.05) is 7.11 Å². The standard InChI is InChI=1S/C26H42O5/c1-16(5-8-23(29)30-4)19-6-7-20-24-21(10-12-26(19,20)3)25(2)11-9-18(28)13-17(25)14-22(24)31-15-27/h15-22,24,28H,5-14H2,1-4H3/t16-,17+,18-,19-,20+,21+,22+,24+,25+,26-/m1/s1. The summed E-state index contributed by atoms with van der Waals surface area (Å²) in [5, 5.41) is 10.3. The van der Waals surface area contributed by atoms with E-state index in [9.17, 15) is 14.7 Å². The molecule has 10 atom stereocenters. The lowest BCUT2D eigenvalue weighted by Gasteiger charge is -2.62. The summed E-state index contributed by atoms with van der Waals surface area (Å²) >= 11 is 0. The fraction of sp³-hybridized carbons (Fsp3) is 0.923. The van der Waals surface area contributed by atoms with Gasteiger partial charge in [-0.1, -0.05) is 20.8 Å². The summed E-state index contributed by atoms with van der Waals surface area (Å²) < 4.78 is 10.7. The van der Waals surface area contributed by atoms with Crippen LogP contribution in [0.4, 0.5) is 0 Å². The highest BCUT2D eigenvalue weighted by Crippen LogP contribution is 2.68. The quantitative estimate of drug-likeness (QED) is 0.482. The number of esters is 1. The fourth-order valence-electron chi connectivity index (χ4n) is 9.01. The Hall–Kier alpha value is -1.10. The Kier molecular flexibility index (Phi) is 6.46. The van der Waals surface area contributed by atoms with Gasteiger partial charge in [0.15, 0.2) is 0 Å². The molecule has 31 heavy (non-hydrogen) atoms. The molecule has 5 nitrogen and oxygen atoms in total. The molecule has 0 radical (unpaired) electrons. The molecule has 0 spiro atoms. The Morgan fingerprint density at radius 3 is 2.52 bits per heavy atom. The number of aliphatic hydroxyl groups is 1. The predicted molar refractivity (Wildman–Crippen MR) is 118 cm³/mol. The number of ether oxygens (including phenoxy) is 2. The van der Waals surface area contributed by atoms with Crippen molar-refractivity contribution in [3.05, 3.63) is 0 Å². The largest absolute Gasteiger partial charge is 0.469 e. The van der Waals surface area contributed by atoms with Crippen LogP contribution in [0.1, 0.15) is 85.0 Å². The number of hydrogen-bond acceptors (Lipinski definition) is 5. The van der Waals surface area contributed by atoms with E-state index in [1.54, 1.807) is 0 Å². The van der Waals surface area contributed by atoms with E-state index >= 15 is 0 Å². The minimum absolute atomic E-state index is 0.0142. The molecule has 4 fully saturated rings. The Morgan fingerprint density at radius 2 is 1.81 bits per heavy atom. The van der Waals surface area contributed by atoms with Crippen LogP contribution in [0.5, 0.6) is 0 Å². The van der Waals surface area contributed by atoms with Crippen LogP contribution in [-0.4, -0.2) is 36.9 Å². The maximum Gasteiger partial charge on any atom is 0.305 e. The maximum atomic E-state index is 11.7. The van der Waals surface area contributed by atoms with Crippen molar-refractivity contribution in [2.24, 2.45) is 46.3 Å². The van der Waals surface area contributed by atoms with Crippen LogP contribution in [0, 0.1) is 46.3 Å². The van der Waals surface area contributed by atoms with E-state index in [2.05, 4.69) is 20.8 Å². The van der Waals surface area contributed by atoms with Crippen molar-refractivity contribution in [3.63, 3.8) is 0 Å². The first-order valence-electron chi connectivity index (χ1n) is 12.6. The molecule has 4 aliphatic rings. The van der Waals surface area contributed by atoms with Crippen LogP contribution in [-0.2, 0) is 19.1 Å². The molecule has 4 rings (SSSR count). The SMILES string of the molecule is COC(=O)CC[C@@H](C)[C@H]1CC[C@H]2[C@@H]3[C@@H](OC=O)C[C@@H]4C[C@H](O)CC[C@]4(C)[C@H]3CC[C@]12C. The fourth-order valence-corrected chi connectivity index (χ4v) is 9.01. The lowest BCUT2D eigenvalue weighted by Crippen LogP contribution is -2.59. The molecule has 0 aromatic rings. The van der Waals surface area contributed by atoms with Gasteiger partial charge in [0.25, 0.3) is 6.47 Å². The lowest BCUT2D eigenvalue weighted by molar-refractivity contribution is -0.187. The van der Waals surface area contributed by atoms with E-state index in [0.717, 1.165) is 32.1 Å². The average Bonchev–Trinajstić information content (AvgIpc) is 3.10. The second kappa shape index (κ2) is 8.68. The minimum atomic E-state index is -0.202. The molecule has 4 saturated carbocycles. The highest BCUT2D eigenvalue weighted by atomic mass is 16.5. The number of fused-ring (bicyclic) bond motifs is 5. The minimum Gasteiger partial charge on any atom is -0.469 e. The Labute approximate surface area is 187 Å². The van der Waals surface area contributed by atoms with Crippen LogP contribution in [0.2, 0.25) is 0 Å². The number of hydrogen-bond donors (Lipinski definition) is 1. The maximum absolute atomic E-state index is 11.7. The number of aliphatic hydroxyl groups excluding tert-OH is 1. The van der Waals surface area contributed by atoms with Crippen molar-refractivity contribution in [1.82, 2.24) is 0 Å². The Morgan fingerprint density at radius 1 is 1.10 bits per heavy atom. The van der Waals surface area contributed by atoms with Gasteiger partial charge in [-0.15, -0.1) is 0 Å². The van der Waals surface area contributed by atoms with Crippen molar-refractivity contribution < 1.29 is 24.2 Å². The Balaban J connectivity index is 1.57. The number of carbonyl (C=O) groups excluding carboxylic acids is 2. The Bertz CT molecular complexity index is 679. The first-order valence-corrected chi connectivity index (χ1v) is 12.6. The van der Waals surface area contributed by atoms with Gasteiger partial charge in [0.2, 0.25) is 0 Å². The van der Waals surface area contributed by atoms with Crippen molar-refractivity contribution in [3.8, 4) is 0 Å². The molecule has 0 unspecified atom stereocenters. The molecule has 0 aliphatic heterocycles. The van der Waals surface area contributed by atoms with Gasteiger partial charge in [-0.25, -0.2) is 0 Å². The monoisotopic (exact) mass is 434 g/mol. The van der Waals surface area contributed by atoms with Crippen LogP contribution >= 0.6 is 0 Å². The third-order valence-corrected chi connectivity index (χ3v) is 10.7. The summed E-state index contributed by atoms with van der Waals surface area (Å²) in [4.78, 5) is 23.2. The first-order chi connectivity index (χ1) is 14.7. The smallest absolute Gasteiger partial charge is 0.305 e. The summed E-state index contributed by atoms with van der Waals surface area (Å²) in [6.07, 6.45) is 9.76. The normalized spacial score (nSPS) is 47.5. The van der Waals surface area contributed by atoms with Gasteiger partial charge in [0, 0.05) is 12.3 Å². The summed E-state index contributed by atoms with van der Waals surface area (Å²) in [5.74, 6) is 3.02. The summed E-state index contributed by atoms with van der Waals surface area (Å²) in [5.41, 5.74) is 0.501. The van der Waals surface area contributed by atoms with E-state index in [4.69, 9.17) is 9.47 Å². The highest BCUT2D eigenvalue weighted by molar-refractivity contribution is 5.69. The van der Waals surface area contributed by atoms with Crippen molar-refractivity contribution in [2.45, 2.75) is 97.2 Å². The number of methoxy groups -OCH3 is 1. The van der Waals surface area contributed by atoms with E-state index in [1.807, 2.05) is 0 Å². The molecular formula is C26H42O5. The molecule has 0 bridgehead atoms. The molecule has 0 heterocycles. The number of carbonyl (C=O) groups is 2. The molecule has 0 saturated heterocycles. The molecule has 176 valence electrons. The third-order valence-electron chi connectivity index (χ3n) is 10.7. The van der Waals surface area contributed by atoms with E-state index < -0.39 is 0 Å². The molecular weight excluding hydrogens is 392 g/mol. The van der Waals surface area contributed by atoms with Gasteiger partial charge >= 0.3 is 5.97 Å². The molecule has 0 aromatic heterocycles. The zero-order valence-corrected chi connectivity index (χ0v) is 19.8. The van der Waals surface area contributed by atoms with Crippen LogP contribution < -0.4 is 0 Å². The summed E-state index contributed by atoms with van der Waals surface area (Å²) in [6, 6.07) is 0. The van der Waals surface area contributed by atoms with Gasteiger partial charge in [0.1, 0.15) is 6.10 Å². The van der Waals surface area contributed by atoms with Gasteiger partial charge in [-0.05, 0) is 98.2 Å². The second-order valence-electron chi connectivity index (χ2n) is 11.7. The van der Waals surface area contributed by atoms with E-state index in [0.29, 0.717) is 48.4 Å². The summed E-state index contributed by atoms with van der Waals surface area (Å²) in [7, 11) is 1.47. The lowest BCUT2D eigenvalue weighted by atomic mass is 9.43. The number of rotatable bonds is 6.